The van der Waals surface area contributed by atoms with Gasteiger partial charge < -0.3 is 30.1 Å². The van der Waals surface area contributed by atoms with Crippen molar-refractivity contribution in [3.05, 3.63) is 0 Å². The molecule has 0 aromatic rings. The zero-order chi connectivity index (χ0) is 24.5. The highest BCUT2D eigenvalue weighted by molar-refractivity contribution is 5.73. The molecule has 0 amide bonds. The minimum atomic E-state index is -1.68. The van der Waals surface area contributed by atoms with Crippen LogP contribution in [0.5, 0.6) is 0 Å². The molecule has 0 aliphatic carbocycles. The molecule has 0 aromatic carbocycles. The maximum Gasteiger partial charge on any atom is 0.311 e. The van der Waals surface area contributed by atoms with Crippen LogP contribution in [0.3, 0.4) is 0 Å². The molecule has 1 rings (SSSR count). The van der Waals surface area contributed by atoms with Crippen LogP contribution < -0.4 is 0 Å². The van der Waals surface area contributed by atoms with E-state index in [2.05, 4.69) is 0 Å². The number of aliphatic hydroxyl groups excluding tert-OH is 2. The van der Waals surface area contributed by atoms with Gasteiger partial charge in [0.15, 0.2) is 0 Å². The van der Waals surface area contributed by atoms with Gasteiger partial charge in [0, 0.05) is 12.6 Å². The van der Waals surface area contributed by atoms with Crippen LogP contribution >= 0.6 is 0 Å². The zero-order valence-electron chi connectivity index (χ0n) is 21.2. The van der Waals surface area contributed by atoms with Gasteiger partial charge in [-0.3, -0.25) is 4.79 Å². The van der Waals surface area contributed by atoms with Gasteiger partial charge in [0.2, 0.25) is 0 Å². The summed E-state index contributed by atoms with van der Waals surface area (Å²) in [5.74, 6) is -2.22. The molecule has 4 N–H and O–H groups in total. The van der Waals surface area contributed by atoms with Crippen molar-refractivity contribution < 1.29 is 30.0 Å². The van der Waals surface area contributed by atoms with E-state index < -0.39 is 47.4 Å². The third-order valence-electron chi connectivity index (χ3n) is 7.73. The molecule has 1 fully saturated rings. The number of ether oxygens (including phenoxy) is 1. The monoisotopic (exact) mass is 445 g/mol. The Morgan fingerprint density at radius 1 is 1.06 bits per heavy atom. The summed E-state index contributed by atoms with van der Waals surface area (Å²) >= 11 is 0. The summed E-state index contributed by atoms with van der Waals surface area (Å²) in [5, 5.41) is 44.4. The van der Waals surface area contributed by atoms with Crippen molar-refractivity contribution in [1.82, 2.24) is 4.90 Å². The molecule has 1 aliphatic rings. The van der Waals surface area contributed by atoms with Crippen LogP contribution in [0, 0.1) is 29.6 Å². The summed E-state index contributed by atoms with van der Waals surface area (Å²) in [4.78, 5) is 14.9. The molecule has 31 heavy (non-hydrogen) atoms. The molecule has 10 atom stereocenters. The van der Waals surface area contributed by atoms with Crippen LogP contribution in [-0.2, 0) is 9.53 Å². The van der Waals surface area contributed by atoms with Crippen LogP contribution in [-0.4, -0.2) is 80.4 Å². The Morgan fingerprint density at radius 2 is 1.58 bits per heavy atom. The predicted octanol–water partition coefficient (Wildman–Crippen LogP) is 2.05. The van der Waals surface area contributed by atoms with E-state index in [-0.39, 0.29) is 23.7 Å². The van der Waals surface area contributed by atoms with Gasteiger partial charge in [0.05, 0.1) is 17.6 Å². The van der Waals surface area contributed by atoms with Crippen LogP contribution in [0.1, 0.15) is 68.7 Å². The lowest BCUT2D eigenvalue weighted by Gasteiger charge is -2.43. The van der Waals surface area contributed by atoms with E-state index in [1.807, 2.05) is 53.5 Å². The van der Waals surface area contributed by atoms with Gasteiger partial charge in [0.25, 0.3) is 0 Å². The number of cyclic esters (lactones) is 1. The molecule has 1 saturated heterocycles. The largest absolute Gasteiger partial charge is 0.459 e. The molecule has 0 saturated carbocycles. The van der Waals surface area contributed by atoms with E-state index in [4.69, 9.17) is 4.74 Å². The number of nitrogens with zero attached hydrogens (tertiary/aromatic N) is 1. The topological polar surface area (TPSA) is 110 Å². The van der Waals surface area contributed by atoms with Crippen molar-refractivity contribution in [2.75, 3.05) is 13.6 Å². The van der Waals surface area contributed by atoms with Crippen molar-refractivity contribution in [3.63, 3.8) is 0 Å². The summed E-state index contributed by atoms with van der Waals surface area (Å²) in [6.45, 7) is 16.7. The molecule has 0 spiro atoms. The van der Waals surface area contributed by atoms with Gasteiger partial charge in [-0.15, -0.1) is 0 Å². The van der Waals surface area contributed by atoms with E-state index in [9.17, 15) is 25.2 Å². The molecule has 1 heterocycles. The second kappa shape index (κ2) is 10.5. The van der Waals surface area contributed by atoms with Crippen molar-refractivity contribution >= 4 is 5.97 Å². The summed E-state index contributed by atoms with van der Waals surface area (Å²) < 4.78 is 5.71. The molecule has 0 radical (unpaired) electrons. The van der Waals surface area contributed by atoms with Crippen molar-refractivity contribution in [1.29, 1.82) is 0 Å². The lowest BCUT2D eigenvalue weighted by molar-refractivity contribution is -0.199. The van der Waals surface area contributed by atoms with Crippen molar-refractivity contribution in [2.45, 2.75) is 104 Å². The highest BCUT2D eigenvalue weighted by Crippen LogP contribution is 2.36. The quantitative estimate of drug-likeness (QED) is 0.457. The number of aliphatic hydroxyl groups is 4. The number of hydrogen-bond acceptors (Lipinski definition) is 7. The zero-order valence-corrected chi connectivity index (χ0v) is 21.2. The Kier molecular flexibility index (Phi) is 9.56. The number of esters is 1. The van der Waals surface area contributed by atoms with Crippen LogP contribution in [0.4, 0.5) is 0 Å². The Hall–Kier alpha value is -0.730. The molecule has 0 bridgehead atoms. The van der Waals surface area contributed by atoms with E-state index in [1.165, 1.54) is 6.92 Å². The van der Waals surface area contributed by atoms with Gasteiger partial charge in [-0.1, -0.05) is 34.6 Å². The Balaban J connectivity index is 3.43. The summed E-state index contributed by atoms with van der Waals surface area (Å²) in [6.07, 6.45) is -2.63. The third kappa shape index (κ3) is 6.41. The fraction of sp³-hybridized carbons (Fsp3) is 0.958. The summed E-state index contributed by atoms with van der Waals surface area (Å²) in [6, 6.07) is -0.410. The number of carbonyl (C=O) groups is 1. The average molecular weight is 446 g/mol. The van der Waals surface area contributed by atoms with Gasteiger partial charge >= 0.3 is 5.97 Å². The Bertz CT molecular complexity index is 593. The smallest absolute Gasteiger partial charge is 0.311 e. The molecular weight excluding hydrogens is 398 g/mol. The van der Waals surface area contributed by atoms with E-state index in [0.29, 0.717) is 13.0 Å². The average Bonchev–Trinajstić information content (AvgIpc) is 2.66. The molecule has 7 nitrogen and oxygen atoms in total. The van der Waals surface area contributed by atoms with Crippen molar-refractivity contribution in [2.24, 2.45) is 29.6 Å². The number of likely N-dealkylation sites (N-methyl/N-ethyl adjacent to an activating group) is 1. The van der Waals surface area contributed by atoms with E-state index >= 15 is 0 Å². The number of carbonyl (C=O) groups excluding carboxylic acids is 1. The summed E-state index contributed by atoms with van der Waals surface area (Å²) in [5.41, 5.74) is -2.73. The first kappa shape index (κ1) is 28.3. The molecule has 184 valence electrons. The Morgan fingerprint density at radius 3 is 2.06 bits per heavy atom. The lowest BCUT2D eigenvalue weighted by Crippen LogP contribution is -2.60. The van der Waals surface area contributed by atoms with Crippen molar-refractivity contribution in [3.8, 4) is 0 Å². The number of rotatable bonds is 1. The fourth-order valence-electron chi connectivity index (χ4n) is 5.13. The first-order valence-electron chi connectivity index (χ1n) is 11.7. The second-order valence-corrected chi connectivity index (χ2v) is 11.0. The standard InChI is InChI=1S/C24H47NO6/c1-13(2)21-24(9,30)20(27)18(7)25(10)12-14(3)11-23(8,29)17(6)15(4)19(26)16(5)22(28)31-21/h13-21,26-27,29-30H,11-12H2,1-10H3/t14-,15-,16-,17-,18-,19+,20-,21-,23-,24+/m1/s1. The first-order chi connectivity index (χ1) is 13.9. The minimum Gasteiger partial charge on any atom is -0.459 e. The molecule has 7 heteroatoms. The van der Waals surface area contributed by atoms with Crippen LogP contribution in [0.2, 0.25) is 0 Å². The molecule has 1 aliphatic heterocycles. The van der Waals surface area contributed by atoms with E-state index in [1.54, 1.807) is 13.8 Å². The highest BCUT2D eigenvalue weighted by Gasteiger charge is 2.48. The molecule has 0 unspecified atom stereocenters. The normalized spacial score (nSPS) is 47.5. The Labute approximate surface area is 188 Å². The van der Waals surface area contributed by atoms with Crippen LogP contribution in [0.25, 0.3) is 0 Å². The minimum absolute atomic E-state index is 0.104. The van der Waals surface area contributed by atoms with E-state index in [0.717, 1.165) is 0 Å². The van der Waals surface area contributed by atoms with Gasteiger partial charge in [-0.2, -0.15) is 0 Å². The van der Waals surface area contributed by atoms with Gasteiger partial charge in [-0.05, 0) is 64.8 Å². The first-order valence-corrected chi connectivity index (χ1v) is 11.7. The lowest BCUT2D eigenvalue weighted by atomic mass is 9.73. The van der Waals surface area contributed by atoms with Crippen LogP contribution in [0.15, 0.2) is 0 Å². The highest BCUT2D eigenvalue weighted by atomic mass is 16.6. The maximum atomic E-state index is 12.9. The second-order valence-electron chi connectivity index (χ2n) is 11.0. The number of hydrogen-bond donors (Lipinski definition) is 4. The maximum absolute atomic E-state index is 12.9. The van der Waals surface area contributed by atoms with Gasteiger partial charge in [-0.25, -0.2) is 0 Å². The molecular formula is C24H47NO6. The predicted molar refractivity (Wildman–Crippen MR) is 121 cm³/mol. The SMILES string of the molecule is CC(C)[C@H]1OC(=O)[C@H](C)[C@@H](O)[C@H](C)[C@@H](C)[C@](C)(O)C[C@@H](C)CN(C)[C@H](C)[C@@H](O)[C@]1(C)O. The molecule has 0 aromatic heterocycles. The van der Waals surface area contributed by atoms with Gasteiger partial charge in [0.1, 0.15) is 17.8 Å². The summed E-state index contributed by atoms with van der Waals surface area (Å²) in [7, 11) is 1.88. The third-order valence-corrected chi connectivity index (χ3v) is 7.73. The fourth-order valence-corrected chi connectivity index (χ4v) is 5.13.